The second-order valence-electron chi connectivity index (χ2n) is 7.51. The molecule has 4 rings (SSSR count). The molecule has 1 aromatic heterocycles. The average molecular weight is 457 g/mol. The van der Waals surface area contributed by atoms with Crippen molar-refractivity contribution in [3.63, 3.8) is 0 Å². The molecule has 1 amide bonds. The number of carbonyl (C=O) groups is 2. The van der Waals surface area contributed by atoms with Crippen LogP contribution in [0.5, 0.6) is 0 Å². The molecular formula is C23H18F3N3O2S. The number of carbonyl (C=O) groups excluding carboxylic acids is 2. The van der Waals surface area contributed by atoms with Gasteiger partial charge in [0.05, 0.1) is 22.7 Å². The third-order valence-corrected chi connectivity index (χ3v) is 5.80. The van der Waals surface area contributed by atoms with Gasteiger partial charge in [0.25, 0.3) is 0 Å². The lowest BCUT2D eigenvalue weighted by molar-refractivity contribution is -0.137. The Bertz CT molecular complexity index is 1200. The molecule has 0 saturated heterocycles. The van der Waals surface area contributed by atoms with Gasteiger partial charge in [-0.25, -0.2) is 9.98 Å². The number of nitrogens with zero attached hydrogens (tertiary/aromatic N) is 2. The topological polar surface area (TPSA) is 71.4 Å². The van der Waals surface area contributed by atoms with Crippen LogP contribution >= 0.6 is 11.3 Å². The molecule has 1 aliphatic heterocycles. The highest BCUT2D eigenvalue weighted by Gasteiger charge is 2.31. The predicted molar refractivity (Wildman–Crippen MR) is 115 cm³/mol. The van der Waals surface area contributed by atoms with Crippen molar-refractivity contribution in [1.29, 1.82) is 0 Å². The highest BCUT2D eigenvalue weighted by molar-refractivity contribution is 7.07. The molecule has 1 N–H and O–H groups in total. The van der Waals surface area contributed by atoms with Crippen molar-refractivity contribution >= 4 is 34.6 Å². The molecule has 9 heteroatoms. The highest BCUT2D eigenvalue weighted by Crippen LogP contribution is 2.31. The minimum atomic E-state index is -4.47. The molecule has 1 aliphatic rings. The number of benzene rings is 2. The monoisotopic (exact) mass is 457 g/mol. The molecule has 1 atom stereocenters. The second-order valence-corrected chi connectivity index (χ2v) is 8.22. The maximum Gasteiger partial charge on any atom is 0.416 e. The smallest absolute Gasteiger partial charge is 0.313 e. The second kappa shape index (κ2) is 8.66. The number of aliphatic imine (C=N–C) groups is 1. The lowest BCUT2D eigenvalue weighted by atomic mass is 9.98. The van der Waals surface area contributed by atoms with Gasteiger partial charge >= 0.3 is 6.18 Å². The molecule has 164 valence electrons. The van der Waals surface area contributed by atoms with Gasteiger partial charge in [-0.1, -0.05) is 30.3 Å². The molecule has 0 bridgehead atoms. The van der Waals surface area contributed by atoms with E-state index in [1.165, 1.54) is 23.5 Å². The molecule has 0 fully saturated rings. The Balaban J connectivity index is 1.41. The van der Waals surface area contributed by atoms with Crippen molar-refractivity contribution in [2.75, 3.05) is 0 Å². The molecule has 3 aromatic rings. The molecular weight excluding hydrogens is 439 g/mol. The number of alkyl halides is 3. The molecule has 2 heterocycles. The van der Waals surface area contributed by atoms with Gasteiger partial charge in [0.15, 0.2) is 5.78 Å². The van der Waals surface area contributed by atoms with Gasteiger partial charge in [0, 0.05) is 18.2 Å². The maximum atomic E-state index is 13.0. The highest BCUT2D eigenvalue weighted by atomic mass is 32.1. The molecule has 0 unspecified atom stereocenters. The summed E-state index contributed by atoms with van der Waals surface area (Å²) in [5, 5.41) is 4.43. The van der Waals surface area contributed by atoms with Crippen LogP contribution in [0.4, 0.5) is 18.9 Å². The summed E-state index contributed by atoms with van der Waals surface area (Å²) in [6, 6.07) is 10.2. The third kappa shape index (κ3) is 4.77. The van der Waals surface area contributed by atoms with Gasteiger partial charge in [0.2, 0.25) is 5.91 Å². The number of hydrogen-bond donors (Lipinski definition) is 1. The van der Waals surface area contributed by atoms with Crippen LogP contribution in [0, 0.1) is 0 Å². The Kier molecular flexibility index (Phi) is 5.92. The Morgan fingerprint density at radius 2 is 2.00 bits per heavy atom. The molecule has 0 aliphatic carbocycles. The van der Waals surface area contributed by atoms with E-state index in [0.717, 1.165) is 23.3 Å². The van der Waals surface area contributed by atoms with Gasteiger partial charge in [-0.15, -0.1) is 11.3 Å². The number of hydrogen-bond acceptors (Lipinski definition) is 5. The number of aromatic nitrogens is 1. The molecule has 0 radical (unpaired) electrons. The van der Waals surface area contributed by atoms with E-state index in [4.69, 9.17) is 0 Å². The number of nitrogens with one attached hydrogen (secondary N) is 1. The fourth-order valence-electron chi connectivity index (χ4n) is 3.45. The minimum absolute atomic E-state index is 0.0754. The van der Waals surface area contributed by atoms with Crippen molar-refractivity contribution in [2.45, 2.75) is 31.9 Å². The summed E-state index contributed by atoms with van der Waals surface area (Å²) in [6.07, 6.45) is -3.89. The average Bonchev–Trinajstić information content (AvgIpc) is 3.42. The molecule has 32 heavy (non-hydrogen) atoms. The summed E-state index contributed by atoms with van der Waals surface area (Å²) >= 11 is 1.36. The van der Waals surface area contributed by atoms with E-state index in [-0.39, 0.29) is 17.8 Å². The molecule has 5 nitrogen and oxygen atoms in total. The first-order valence-corrected chi connectivity index (χ1v) is 10.7. The van der Waals surface area contributed by atoms with E-state index >= 15 is 0 Å². The molecule has 0 spiro atoms. The van der Waals surface area contributed by atoms with E-state index < -0.39 is 23.6 Å². The van der Waals surface area contributed by atoms with E-state index in [1.54, 1.807) is 23.9 Å². The number of amides is 1. The Labute approximate surface area is 186 Å². The fourth-order valence-corrected chi connectivity index (χ4v) is 4.01. The lowest BCUT2D eigenvalue weighted by Crippen LogP contribution is -2.33. The maximum absolute atomic E-state index is 13.0. The van der Waals surface area contributed by atoms with E-state index in [9.17, 15) is 22.8 Å². The molecule has 0 saturated carbocycles. The zero-order valence-electron chi connectivity index (χ0n) is 16.9. The number of ketones is 1. The summed E-state index contributed by atoms with van der Waals surface area (Å²) in [5.74, 6) is -0.870. The summed E-state index contributed by atoms with van der Waals surface area (Å²) < 4.78 is 38.9. The van der Waals surface area contributed by atoms with Crippen molar-refractivity contribution in [3.8, 4) is 0 Å². The van der Waals surface area contributed by atoms with Gasteiger partial charge in [-0.3, -0.25) is 9.59 Å². The summed E-state index contributed by atoms with van der Waals surface area (Å²) in [5.41, 5.74) is 3.91. The standard InChI is InChI=1S/C23H18F3N3O2S/c1-13(15-3-2-4-17(9-15)23(24,25)26)22(31)29-21-10-16-7-14(5-6-18(16)28-21)8-20(30)19-11-32-12-27-19/h2-7,9,11-13H,8,10H2,1H3,(H,28,29,31)/t13-/m1/s1. The van der Waals surface area contributed by atoms with Crippen molar-refractivity contribution in [3.05, 3.63) is 81.3 Å². The number of rotatable bonds is 5. The SMILES string of the molecule is C[C@@H](C(=O)NC1=Nc2ccc(CC(=O)c3cscn3)cc2C1)c1cccc(C(F)(F)F)c1. The Morgan fingerprint density at radius 3 is 2.72 bits per heavy atom. The number of halogens is 3. The zero-order chi connectivity index (χ0) is 22.9. The van der Waals surface area contributed by atoms with E-state index in [2.05, 4.69) is 15.3 Å². The Morgan fingerprint density at radius 1 is 1.19 bits per heavy atom. The van der Waals surface area contributed by atoms with Crippen LogP contribution in [0.2, 0.25) is 0 Å². The van der Waals surface area contributed by atoms with E-state index in [1.807, 2.05) is 12.1 Å². The van der Waals surface area contributed by atoms with Gasteiger partial charge in [-0.05, 0) is 35.7 Å². The fraction of sp³-hybridized carbons (Fsp3) is 0.217. The zero-order valence-corrected chi connectivity index (χ0v) is 17.8. The normalized spacial score (nSPS) is 13.9. The van der Waals surface area contributed by atoms with Crippen LogP contribution in [0.1, 0.15) is 45.6 Å². The first kappa shape index (κ1) is 21.9. The van der Waals surface area contributed by atoms with Crippen LogP contribution in [0.3, 0.4) is 0 Å². The van der Waals surface area contributed by atoms with Crippen molar-refractivity contribution in [2.24, 2.45) is 4.99 Å². The number of thiazole rings is 1. The summed E-state index contributed by atoms with van der Waals surface area (Å²) in [7, 11) is 0. The predicted octanol–water partition coefficient (Wildman–Crippen LogP) is 5.09. The summed E-state index contributed by atoms with van der Waals surface area (Å²) in [4.78, 5) is 33.3. The van der Waals surface area contributed by atoms with Crippen molar-refractivity contribution in [1.82, 2.24) is 10.3 Å². The largest absolute Gasteiger partial charge is 0.416 e. The van der Waals surface area contributed by atoms with Crippen LogP contribution in [-0.2, 0) is 23.8 Å². The van der Waals surface area contributed by atoms with Crippen molar-refractivity contribution < 1.29 is 22.8 Å². The lowest BCUT2D eigenvalue weighted by Gasteiger charge is -2.14. The number of amidine groups is 1. The van der Waals surface area contributed by atoms with Crippen LogP contribution in [0.15, 0.2) is 58.3 Å². The van der Waals surface area contributed by atoms with Crippen LogP contribution in [0.25, 0.3) is 0 Å². The minimum Gasteiger partial charge on any atom is -0.313 e. The first-order valence-electron chi connectivity index (χ1n) is 9.79. The van der Waals surface area contributed by atoms with Crippen LogP contribution in [-0.4, -0.2) is 22.5 Å². The number of fused-ring (bicyclic) bond motifs is 1. The first-order chi connectivity index (χ1) is 15.2. The van der Waals surface area contributed by atoms with Crippen LogP contribution < -0.4 is 5.32 Å². The van der Waals surface area contributed by atoms with Gasteiger partial charge in [0.1, 0.15) is 11.5 Å². The van der Waals surface area contributed by atoms with E-state index in [0.29, 0.717) is 23.6 Å². The quantitative estimate of drug-likeness (QED) is 0.543. The summed E-state index contributed by atoms with van der Waals surface area (Å²) in [6.45, 7) is 1.55. The van der Waals surface area contributed by atoms with Gasteiger partial charge in [-0.2, -0.15) is 13.2 Å². The molecule has 2 aromatic carbocycles. The Hall–Kier alpha value is -3.33. The number of Topliss-reactive ketones (excluding diaryl/α,β-unsaturated/α-hetero) is 1. The van der Waals surface area contributed by atoms with Gasteiger partial charge < -0.3 is 5.32 Å². The third-order valence-electron chi connectivity index (χ3n) is 5.21.